The van der Waals surface area contributed by atoms with E-state index in [1.54, 1.807) is 35.3 Å². The summed E-state index contributed by atoms with van der Waals surface area (Å²) in [5, 5.41) is 11.0. The van der Waals surface area contributed by atoms with E-state index in [0.29, 0.717) is 17.8 Å². The van der Waals surface area contributed by atoms with Crippen molar-refractivity contribution in [2.75, 3.05) is 7.11 Å². The van der Waals surface area contributed by atoms with Crippen LogP contribution in [-0.2, 0) is 22.5 Å². The molecule has 0 amide bonds. The molecule has 1 atom stereocenters. The van der Waals surface area contributed by atoms with E-state index in [1.807, 2.05) is 0 Å². The number of para-hydroxylation sites is 1. The molecule has 0 radical (unpaired) electrons. The fraction of sp³-hybridized carbons (Fsp3) is 0.286. The Labute approximate surface area is 126 Å². The van der Waals surface area contributed by atoms with Gasteiger partial charge in [0, 0.05) is 24.2 Å². The second kappa shape index (κ2) is 6.81. The standard InChI is InChI=1S/C14H16N4O4/c1-22-14(19)12(15)6-11-8-17(9-16-11)7-10-4-2-3-5-13(10)18(20)21/h2-5,8-9,12H,6-7,15H2,1H3/t12-/m0/s1. The largest absolute Gasteiger partial charge is 0.468 e. The van der Waals surface area contributed by atoms with E-state index >= 15 is 0 Å². The Balaban J connectivity index is 2.10. The molecule has 1 aromatic carbocycles. The van der Waals surface area contributed by atoms with Crippen molar-refractivity contribution in [1.29, 1.82) is 0 Å². The third-order valence-electron chi connectivity index (χ3n) is 3.16. The maximum atomic E-state index is 11.3. The van der Waals surface area contributed by atoms with Crippen LogP contribution in [0.3, 0.4) is 0 Å². The number of imidazole rings is 1. The molecule has 22 heavy (non-hydrogen) atoms. The molecule has 0 saturated carbocycles. The third-order valence-corrected chi connectivity index (χ3v) is 3.16. The van der Waals surface area contributed by atoms with Crippen LogP contribution in [-0.4, -0.2) is 33.6 Å². The number of carbonyl (C=O) groups is 1. The Bertz CT molecular complexity index is 683. The van der Waals surface area contributed by atoms with Crippen LogP contribution in [0.1, 0.15) is 11.3 Å². The summed E-state index contributed by atoms with van der Waals surface area (Å²) in [5.74, 6) is -0.506. The van der Waals surface area contributed by atoms with Crippen LogP contribution in [0.4, 0.5) is 5.69 Å². The highest BCUT2D eigenvalue weighted by atomic mass is 16.6. The van der Waals surface area contributed by atoms with Crippen molar-refractivity contribution in [1.82, 2.24) is 9.55 Å². The summed E-state index contributed by atoms with van der Waals surface area (Å²) in [6.07, 6.45) is 3.51. The fourth-order valence-electron chi connectivity index (χ4n) is 2.08. The molecule has 1 heterocycles. The first kappa shape index (κ1) is 15.6. The Morgan fingerprint density at radius 3 is 2.91 bits per heavy atom. The second-order valence-corrected chi connectivity index (χ2v) is 4.76. The Kier molecular flexibility index (Phi) is 4.84. The van der Waals surface area contributed by atoms with Crippen molar-refractivity contribution < 1.29 is 14.5 Å². The quantitative estimate of drug-likeness (QED) is 0.481. The molecule has 8 heteroatoms. The SMILES string of the molecule is COC(=O)[C@@H](N)Cc1cn(Cc2ccccc2[N+](=O)[O-])cn1. The number of nitrogens with zero attached hydrogens (tertiary/aromatic N) is 3. The summed E-state index contributed by atoms with van der Waals surface area (Å²) in [7, 11) is 1.27. The van der Waals surface area contributed by atoms with Crippen LogP contribution in [0.2, 0.25) is 0 Å². The molecule has 0 bridgehead atoms. The van der Waals surface area contributed by atoms with Crippen LogP contribution in [0.25, 0.3) is 0 Å². The van der Waals surface area contributed by atoms with E-state index in [2.05, 4.69) is 9.72 Å². The topological polar surface area (TPSA) is 113 Å². The first-order valence-electron chi connectivity index (χ1n) is 6.57. The van der Waals surface area contributed by atoms with Gasteiger partial charge >= 0.3 is 5.97 Å². The predicted molar refractivity (Wildman–Crippen MR) is 78.1 cm³/mol. The number of ether oxygens (including phenoxy) is 1. The Hall–Kier alpha value is -2.74. The van der Waals surface area contributed by atoms with Gasteiger partial charge in [-0.05, 0) is 0 Å². The molecule has 0 spiro atoms. The fourth-order valence-corrected chi connectivity index (χ4v) is 2.08. The van der Waals surface area contributed by atoms with Gasteiger partial charge in [-0.1, -0.05) is 18.2 Å². The van der Waals surface area contributed by atoms with E-state index in [0.717, 1.165) is 0 Å². The maximum absolute atomic E-state index is 11.3. The van der Waals surface area contributed by atoms with Gasteiger partial charge in [0.15, 0.2) is 0 Å². The highest BCUT2D eigenvalue weighted by Gasteiger charge is 2.16. The Morgan fingerprint density at radius 1 is 1.50 bits per heavy atom. The van der Waals surface area contributed by atoms with Crippen molar-refractivity contribution >= 4 is 11.7 Å². The van der Waals surface area contributed by atoms with Crippen LogP contribution < -0.4 is 5.73 Å². The molecule has 2 rings (SSSR count). The number of hydrogen-bond donors (Lipinski definition) is 1. The number of benzene rings is 1. The molecule has 0 aliphatic heterocycles. The lowest BCUT2D eigenvalue weighted by Gasteiger charge is -2.06. The van der Waals surface area contributed by atoms with Crippen LogP contribution in [0.5, 0.6) is 0 Å². The molecule has 0 saturated heterocycles. The second-order valence-electron chi connectivity index (χ2n) is 4.76. The van der Waals surface area contributed by atoms with E-state index < -0.39 is 16.9 Å². The molecular weight excluding hydrogens is 288 g/mol. The van der Waals surface area contributed by atoms with Crippen LogP contribution in [0.15, 0.2) is 36.8 Å². The van der Waals surface area contributed by atoms with Gasteiger partial charge in [0.25, 0.3) is 5.69 Å². The number of esters is 1. The minimum atomic E-state index is -0.778. The van der Waals surface area contributed by atoms with Gasteiger partial charge in [-0.3, -0.25) is 14.9 Å². The molecule has 0 aliphatic rings. The lowest BCUT2D eigenvalue weighted by Crippen LogP contribution is -2.33. The lowest BCUT2D eigenvalue weighted by molar-refractivity contribution is -0.385. The van der Waals surface area contributed by atoms with Gasteiger partial charge in [-0.15, -0.1) is 0 Å². The summed E-state index contributed by atoms with van der Waals surface area (Å²) in [6.45, 7) is 0.317. The summed E-state index contributed by atoms with van der Waals surface area (Å²) in [6, 6.07) is 5.74. The molecule has 1 aromatic heterocycles. The Morgan fingerprint density at radius 2 is 2.23 bits per heavy atom. The molecule has 116 valence electrons. The van der Waals surface area contributed by atoms with E-state index in [-0.39, 0.29) is 12.1 Å². The average molecular weight is 304 g/mol. The molecular formula is C14H16N4O4. The van der Waals surface area contributed by atoms with E-state index in [9.17, 15) is 14.9 Å². The van der Waals surface area contributed by atoms with E-state index in [4.69, 9.17) is 5.73 Å². The predicted octanol–water partition coefficient (Wildman–Crippen LogP) is 0.882. The number of hydrogen-bond acceptors (Lipinski definition) is 6. The van der Waals surface area contributed by atoms with Crippen molar-refractivity contribution in [2.45, 2.75) is 19.0 Å². The number of carbonyl (C=O) groups excluding carboxylic acids is 1. The zero-order valence-electron chi connectivity index (χ0n) is 12.0. The summed E-state index contributed by atoms with van der Waals surface area (Å²) in [4.78, 5) is 26.0. The third kappa shape index (κ3) is 3.67. The van der Waals surface area contributed by atoms with Crippen LogP contribution >= 0.6 is 0 Å². The normalized spacial score (nSPS) is 11.9. The minimum Gasteiger partial charge on any atom is -0.468 e. The highest BCUT2D eigenvalue weighted by molar-refractivity contribution is 5.75. The van der Waals surface area contributed by atoms with Gasteiger partial charge in [0.1, 0.15) is 6.04 Å². The zero-order valence-corrected chi connectivity index (χ0v) is 12.0. The smallest absolute Gasteiger partial charge is 0.323 e. The average Bonchev–Trinajstić information content (AvgIpc) is 2.93. The zero-order chi connectivity index (χ0) is 16.1. The number of aromatic nitrogens is 2. The number of nitrogens with two attached hydrogens (primary N) is 1. The number of methoxy groups -OCH3 is 1. The van der Waals surface area contributed by atoms with Gasteiger partial charge in [-0.2, -0.15) is 0 Å². The first-order chi connectivity index (χ1) is 10.5. The van der Waals surface area contributed by atoms with Crippen molar-refractivity contribution in [3.63, 3.8) is 0 Å². The lowest BCUT2D eigenvalue weighted by atomic mass is 10.1. The number of rotatable bonds is 6. The van der Waals surface area contributed by atoms with E-state index in [1.165, 1.54) is 13.2 Å². The highest BCUT2D eigenvalue weighted by Crippen LogP contribution is 2.18. The van der Waals surface area contributed by atoms with Crippen LogP contribution in [0, 0.1) is 10.1 Å². The summed E-state index contributed by atoms with van der Waals surface area (Å²) < 4.78 is 6.27. The molecule has 8 nitrogen and oxygen atoms in total. The van der Waals surface area contributed by atoms with Crippen molar-refractivity contribution in [3.05, 3.63) is 58.2 Å². The van der Waals surface area contributed by atoms with Gasteiger partial charge in [0.05, 0.1) is 30.6 Å². The maximum Gasteiger partial charge on any atom is 0.323 e. The van der Waals surface area contributed by atoms with Crippen molar-refractivity contribution in [3.8, 4) is 0 Å². The monoisotopic (exact) mass is 304 g/mol. The minimum absolute atomic E-state index is 0.0593. The molecule has 0 aliphatic carbocycles. The molecule has 2 aromatic rings. The van der Waals surface area contributed by atoms with Gasteiger partial charge < -0.3 is 15.0 Å². The molecule has 0 unspecified atom stereocenters. The van der Waals surface area contributed by atoms with Crippen molar-refractivity contribution in [2.24, 2.45) is 5.73 Å². The number of nitro benzene ring substituents is 1. The van der Waals surface area contributed by atoms with Gasteiger partial charge in [0.2, 0.25) is 0 Å². The summed E-state index contributed by atoms with van der Waals surface area (Å²) >= 11 is 0. The van der Waals surface area contributed by atoms with Gasteiger partial charge in [-0.25, -0.2) is 4.98 Å². The number of nitro groups is 1. The molecule has 0 fully saturated rings. The summed E-state index contributed by atoms with van der Waals surface area (Å²) in [5.41, 5.74) is 6.93. The first-order valence-corrected chi connectivity index (χ1v) is 6.57. The molecule has 2 N–H and O–H groups in total.